The van der Waals surface area contributed by atoms with E-state index in [0.717, 1.165) is 24.6 Å². The summed E-state index contributed by atoms with van der Waals surface area (Å²) >= 11 is 5.25. The highest BCUT2D eigenvalue weighted by molar-refractivity contribution is 7.82. The Balaban J connectivity index is 2.41. The highest BCUT2D eigenvalue weighted by atomic mass is 32.1. The van der Waals surface area contributed by atoms with Crippen LogP contribution < -0.4 is 11.1 Å². The molecule has 1 unspecified atom stereocenters. The SMILES string of the molecule is C=CCC(C)C(=C)N=C(N)C(=S)NCC1CCCC1. The van der Waals surface area contributed by atoms with Crippen molar-refractivity contribution in [3.8, 4) is 0 Å². The number of hydrogen-bond acceptors (Lipinski definition) is 2. The Labute approximate surface area is 122 Å². The van der Waals surface area contributed by atoms with E-state index >= 15 is 0 Å². The lowest BCUT2D eigenvalue weighted by atomic mass is 10.1. The fourth-order valence-corrected chi connectivity index (χ4v) is 2.37. The first kappa shape index (κ1) is 15.9. The molecule has 1 atom stereocenters. The summed E-state index contributed by atoms with van der Waals surface area (Å²) in [6, 6.07) is 0. The molecule has 0 aliphatic heterocycles. The minimum atomic E-state index is 0.244. The lowest BCUT2D eigenvalue weighted by Crippen LogP contribution is -2.37. The number of aliphatic imine (C=N–C) groups is 1. The zero-order valence-electron chi connectivity index (χ0n) is 11.8. The average Bonchev–Trinajstić information content (AvgIpc) is 2.89. The summed E-state index contributed by atoms with van der Waals surface area (Å²) < 4.78 is 0. The number of amidine groups is 1. The number of nitrogens with one attached hydrogen (secondary N) is 1. The summed E-state index contributed by atoms with van der Waals surface area (Å²) in [7, 11) is 0. The molecule has 0 amide bonds. The third-order valence-electron chi connectivity index (χ3n) is 3.61. The average molecular weight is 279 g/mol. The topological polar surface area (TPSA) is 50.4 Å². The highest BCUT2D eigenvalue weighted by Gasteiger charge is 2.15. The van der Waals surface area contributed by atoms with Crippen LogP contribution >= 0.6 is 12.2 Å². The van der Waals surface area contributed by atoms with Crippen molar-refractivity contribution >= 4 is 23.0 Å². The van der Waals surface area contributed by atoms with Crippen LogP contribution in [0.4, 0.5) is 0 Å². The van der Waals surface area contributed by atoms with Gasteiger partial charge in [0.15, 0.2) is 5.84 Å². The summed E-state index contributed by atoms with van der Waals surface area (Å²) in [5.74, 6) is 1.34. The van der Waals surface area contributed by atoms with Gasteiger partial charge in [0.05, 0.1) is 0 Å². The van der Waals surface area contributed by atoms with Crippen molar-refractivity contribution in [2.75, 3.05) is 6.54 Å². The van der Waals surface area contributed by atoms with Crippen molar-refractivity contribution in [3.05, 3.63) is 24.9 Å². The Morgan fingerprint density at radius 3 is 2.74 bits per heavy atom. The molecular weight excluding hydrogens is 254 g/mol. The molecule has 19 heavy (non-hydrogen) atoms. The second-order valence-electron chi connectivity index (χ2n) is 5.27. The number of hydrogen-bond donors (Lipinski definition) is 2. The van der Waals surface area contributed by atoms with Gasteiger partial charge >= 0.3 is 0 Å². The molecule has 1 aliphatic rings. The van der Waals surface area contributed by atoms with Crippen LogP contribution in [0.2, 0.25) is 0 Å². The van der Waals surface area contributed by atoms with E-state index in [1.165, 1.54) is 25.7 Å². The van der Waals surface area contributed by atoms with Gasteiger partial charge in [-0.1, -0.05) is 44.6 Å². The zero-order valence-corrected chi connectivity index (χ0v) is 12.6. The molecule has 0 radical (unpaired) electrons. The first-order valence-corrected chi connectivity index (χ1v) is 7.37. The highest BCUT2D eigenvalue weighted by Crippen LogP contribution is 2.23. The Hall–Kier alpha value is -1.16. The van der Waals surface area contributed by atoms with Crippen LogP contribution in [-0.2, 0) is 0 Å². The molecule has 3 nitrogen and oxygen atoms in total. The van der Waals surface area contributed by atoms with Crippen molar-refractivity contribution in [2.45, 2.75) is 39.0 Å². The summed E-state index contributed by atoms with van der Waals surface area (Å²) in [5.41, 5.74) is 6.65. The molecule has 1 fully saturated rings. The predicted octanol–water partition coefficient (Wildman–Crippen LogP) is 3.18. The van der Waals surface area contributed by atoms with Gasteiger partial charge < -0.3 is 11.1 Å². The van der Waals surface area contributed by atoms with Gasteiger partial charge in [-0.15, -0.1) is 6.58 Å². The molecule has 0 heterocycles. The number of rotatable bonds is 6. The van der Waals surface area contributed by atoms with Crippen molar-refractivity contribution in [1.82, 2.24) is 5.32 Å². The largest absolute Gasteiger partial charge is 0.381 e. The van der Waals surface area contributed by atoms with Gasteiger partial charge in [-0.3, -0.25) is 0 Å². The predicted molar refractivity (Wildman–Crippen MR) is 87.3 cm³/mol. The standard InChI is InChI=1S/C15H25N3S/c1-4-7-11(2)12(3)18-14(16)15(19)17-10-13-8-5-6-9-13/h4,11,13H,1,3,5-10H2,2H3,(H2,16,18)(H,17,19). The van der Waals surface area contributed by atoms with Crippen molar-refractivity contribution in [2.24, 2.45) is 22.6 Å². The molecule has 0 aromatic heterocycles. The Kier molecular flexibility index (Phi) is 6.78. The van der Waals surface area contributed by atoms with Crippen LogP contribution in [0.15, 0.2) is 29.9 Å². The molecule has 0 aromatic carbocycles. The van der Waals surface area contributed by atoms with Crippen molar-refractivity contribution in [3.63, 3.8) is 0 Å². The number of allylic oxidation sites excluding steroid dienone is 2. The van der Waals surface area contributed by atoms with Crippen LogP contribution in [0.5, 0.6) is 0 Å². The van der Waals surface area contributed by atoms with E-state index in [4.69, 9.17) is 18.0 Å². The molecule has 3 N–H and O–H groups in total. The quantitative estimate of drug-likeness (QED) is 0.340. The second kappa shape index (κ2) is 8.10. The molecule has 0 bridgehead atoms. The summed E-state index contributed by atoms with van der Waals surface area (Å²) in [6.45, 7) is 10.6. The van der Waals surface area contributed by atoms with Crippen LogP contribution in [0, 0.1) is 11.8 Å². The fourth-order valence-electron chi connectivity index (χ4n) is 2.24. The Morgan fingerprint density at radius 2 is 2.16 bits per heavy atom. The Bertz CT molecular complexity index is 368. The fraction of sp³-hybridized carbons (Fsp3) is 0.600. The van der Waals surface area contributed by atoms with E-state index in [1.807, 2.05) is 6.08 Å². The van der Waals surface area contributed by atoms with Gasteiger partial charge in [0, 0.05) is 18.2 Å². The summed E-state index contributed by atoms with van der Waals surface area (Å²) in [5, 5.41) is 3.22. The number of nitrogens with zero attached hydrogens (tertiary/aromatic N) is 1. The van der Waals surface area contributed by atoms with E-state index in [0.29, 0.717) is 10.8 Å². The minimum absolute atomic E-state index is 0.244. The van der Waals surface area contributed by atoms with Crippen molar-refractivity contribution in [1.29, 1.82) is 0 Å². The lowest BCUT2D eigenvalue weighted by molar-refractivity contribution is 0.538. The zero-order chi connectivity index (χ0) is 14.3. The normalized spacial score (nSPS) is 18.1. The van der Waals surface area contributed by atoms with Crippen LogP contribution in [-0.4, -0.2) is 17.4 Å². The molecule has 4 heteroatoms. The maximum Gasteiger partial charge on any atom is 0.158 e. The van der Waals surface area contributed by atoms with Crippen LogP contribution in [0.25, 0.3) is 0 Å². The summed E-state index contributed by atoms with van der Waals surface area (Å²) in [4.78, 5) is 4.83. The summed E-state index contributed by atoms with van der Waals surface area (Å²) in [6.07, 6.45) is 7.94. The molecular formula is C15H25N3S. The van der Waals surface area contributed by atoms with Crippen LogP contribution in [0.3, 0.4) is 0 Å². The smallest absolute Gasteiger partial charge is 0.158 e. The molecule has 0 saturated heterocycles. The second-order valence-corrected chi connectivity index (χ2v) is 5.68. The third-order valence-corrected chi connectivity index (χ3v) is 3.97. The molecule has 106 valence electrons. The van der Waals surface area contributed by atoms with Gasteiger partial charge in [0.25, 0.3) is 0 Å². The van der Waals surface area contributed by atoms with E-state index in [2.05, 4.69) is 30.4 Å². The van der Waals surface area contributed by atoms with Gasteiger partial charge in [0.1, 0.15) is 4.99 Å². The molecule has 0 aromatic rings. The van der Waals surface area contributed by atoms with E-state index in [-0.39, 0.29) is 5.92 Å². The maximum atomic E-state index is 5.90. The van der Waals surface area contributed by atoms with Gasteiger partial charge in [0.2, 0.25) is 0 Å². The Morgan fingerprint density at radius 1 is 1.53 bits per heavy atom. The molecule has 0 spiro atoms. The number of thiocarbonyl (C=S) groups is 1. The monoisotopic (exact) mass is 279 g/mol. The third kappa shape index (κ3) is 5.55. The van der Waals surface area contributed by atoms with E-state index < -0.39 is 0 Å². The van der Waals surface area contributed by atoms with Gasteiger partial charge in [-0.25, -0.2) is 4.99 Å². The van der Waals surface area contributed by atoms with Crippen LogP contribution in [0.1, 0.15) is 39.0 Å². The molecule has 1 rings (SSSR count). The first-order valence-electron chi connectivity index (χ1n) is 6.96. The van der Waals surface area contributed by atoms with E-state index in [9.17, 15) is 0 Å². The molecule has 1 aliphatic carbocycles. The maximum absolute atomic E-state index is 5.90. The van der Waals surface area contributed by atoms with E-state index in [1.54, 1.807) is 0 Å². The first-order chi connectivity index (χ1) is 9.04. The molecule has 1 saturated carbocycles. The van der Waals surface area contributed by atoms with Gasteiger partial charge in [-0.2, -0.15) is 0 Å². The van der Waals surface area contributed by atoms with Crippen molar-refractivity contribution < 1.29 is 0 Å². The number of nitrogens with two attached hydrogens (primary N) is 1. The van der Waals surface area contributed by atoms with Gasteiger partial charge in [-0.05, 0) is 25.2 Å². The lowest BCUT2D eigenvalue weighted by Gasteiger charge is -2.13. The minimum Gasteiger partial charge on any atom is -0.381 e.